The average Bonchev–Trinajstić information content (AvgIpc) is 3.15. The van der Waals surface area contributed by atoms with Gasteiger partial charge in [0.2, 0.25) is 5.91 Å². The first-order valence-electron chi connectivity index (χ1n) is 8.07. The molecule has 1 heterocycles. The summed E-state index contributed by atoms with van der Waals surface area (Å²) in [5, 5.41) is 3.10. The standard InChI is InChI=1S/C17H22N2O3/c1-2-13(18-16(20)12-7-3-4-8-12)11-19-14-9-5-6-10-15(14)22-17(19)21/h5-6,9-10,12-13H,2-4,7-8,11H2,1H3,(H,18,20)/t13-/m1/s1. The van der Waals surface area contributed by atoms with Crippen LogP contribution >= 0.6 is 0 Å². The highest BCUT2D eigenvalue weighted by molar-refractivity contribution is 5.79. The Labute approximate surface area is 129 Å². The van der Waals surface area contributed by atoms with Crippen LogP contribution in [0.3, 0.4) is 0 Å². The number of carbonyl (C=O) groups excluding carboxylic acids is 1. The minimum absolute atomic E-state index is 0.0493. The fourth-order valence-corrected chi connectivity index (χ4v) is 3.19. The van der Waals surface area contributed by atoms with Crippen LogP contribution in [0, 0.1) is 5.92 Å². The average molecular weight is 302 g/mol. The van der Waals surface area contributed by atoms with Crippen molar-refractivity contribution in [3.05, 3.63) is 34.8 Å². The van der Waals surface area contributed by atoms with E-state index in [9.17, 15) is 9.59 Å². The summed E-state index contributed by atoms with van der Waals surface area (Å²) in [6, 6.07) is 7.32. The number of hydrogen-bond donors (Lipinski definition) is 1. The monoisotopic (exact) mass is 302 g/mol. The number of benzene rings is 1. The van der Waals surface area contributed by atoms with E-state index in [-0.39, 0.29) is 23.6 Å². The number of oxazole rings is 1. The van der Waals surface area contributed by atoms with Gasteiger partial charge in [0.1, 0.15) is 0 Å². The van der Waals surface area contributed by atoms with Gasteiger partial charge in [-0.1, -0.05) is 31.9 Å². The van der Waals surface area contributed by atoms with Gasteiger partial charge < -0.3 is 9.73 Å². The van der Waals surface area contributed by atoms with Crippen molar-refractivity contribution >= 4 is 17.0 Å². The minimum atomic E-state index is -0.366. The number of rotatable bonds is 5. The number of nitrogens with one attached hydrogen (secondary N) is 1. The van der Waals surface area contributed by atoms with E-state index in [1.54, 1.807) is 10.6 Å². The van der Waals surface area contributed by atoms with Gasteiger partial charge >= 0.3 is 5.76 Å². The fraction of sp³-hybridized carbons (Fsp3) is 0.529. The molecule has 1 amide bonds. The van der Waals surface area contributed by atoms with E-state index in [0.29, 0.717) is 12.1 Å². The second kappa shape index (κ2) is 6.38. The normalized spacial score (nSPS) is 17.0. The van der Waals surface area contributed by atoms with Crippen LogP contribution in [-0.2, 0) is 11.3 Å². The van der Waals surface area contributed by atoms with E-state index in [0.717, 1.165) is 37.6 Å². The molecular weight excluding hydrogens is 280 g/mol. The molecule has 0 bridgehead atoms. The SMILES string of the molecule is CC[C@H](Cn1c(=O)oc2ccccc21)NC(=O)C1CCCC1. The first-order valence-corrected chi connectivity index (χ1v) is 8.07. The molecule has 0 unspecified atom stereocenters. The molecule has 1 atom stereocenters. The van der Waals surface area contributed by atoms with Crippen molar-refractivity contribution in [1.29, 1.82) is 0 Å². The number of aromatic nitrogens is 1. The van der Waals surface area contributed by atoms with Crippen LogP contribution < -0.4 is 11.1 Å². The molecule has 2 aromatic rings. The van der Waals surface area contributed by atoms with Crippen LogP contribution in [0.5, 0.6) is 0 Å². The first kappa shape index (κ1) is 14.9. The van der Waals surface area contributed by atoms with Gasteiger partial charge in [0.25, 0.3) is 0 Å². The van der Waals surface area contributed by atoms with Crippen LogP contribution in [0.2, 0.25) is 0 Å². The van der Waals surface area contributed by atoms with E-state index in [1.165, 1.54) is 0 Å². The topological polar surface area (TPSA) is 64.2 Å². The summed E-state index contributed by atoms with van der Waals surface area (Å²) in [5.74, 6) is -0.0909. The van der Waals surface area contributed by atoms with E-state index >= 15 is 0 Å². The van der Waals surface area contributed by atoms with E-state index in [1.807, 2.05) is 25.1 Å². The van der Waals surface area contributed by atoms with Crippen LogP contribution in [0.4, 0.5) is 0 Å². The van der Waals surface area contributed by atoms with Gasteiger partial charge in [-0.05, 0) is 31.4 Å². The molecular formula is C17H22N2O3. The largest absolute Gasteiger partial charge is 0.420 e. The van der Waals surface area contributed by atoms with Crippen LogP contribution in [-0.4, -0.2) is 16.5 Å². The lowest BCUT2D eigenvalue weighted by Gasteiger charge is -2.19. The second-order valence-corrected chi connectivity index (χ2v) is 6.04. The molecule has 5 heteroatoms. The van der Waals surface area contributed by atoms with E-state index < -0.39 is 0 Å². The Morgan fingerprint density at radius 1 is 1.36 bits per heavy atom. The summed E-state index contributed by atoms with van der Waals surface area (Å²) >= 11 is 0. The van der Waals surface area contributed by atoms with Crippen LogP contribution in [0.25, 0.3) is 11.1 Å². The van der Waals surface area contributed by atoms with E-state index in [2.05, 4.69) is 5.32 Å². The molecule has 1 aromatic heterocycles. The van der Waals surface area contributed by atoms with Gasteiger partial charge in [-0.25, -0.2) is 4.79 Å². The quantitative estimate of drug-likeness (QED) is 0.923. The Kier molecular flexibility index (Phi) is 4.32. The van der Waals surface area contributed by atoms with Gasteiger partial charge in [-0.3, -0.25) is 9.36 Å². The van der Waals surface area contributed by atoms with Gasteiger partial charge in [-0.2, -0.15) is 0 Å². The van der Waals surface area contributed by atoms with Crippen molar-refractivity contribution in [2.75, 3.05) is 0 Å². The molecule has 1 aliphatic rings. The summed E-state index contributed by atoms with van der Waals surface area (Å²) in [7, 11) is 0. The van der Waals surface area contributed by atoms with Crippen molar-refractivity contribution in [3.8, 4) is 0 Å². The summed E-state index contributed by atoms with van der Waals surface area (Å²) in [6.45, 7) is 2.47. The van der Waals surface area contributed by atoms with Gasteiger partial charge in [0.05, 0.1) is 5.52 Å². The molecule has 1 saturated carbocycles. The molecule has 3 rings (SSSR count). The highest BCUT2D eigenvalue weighted by Gasteiger charge is 2.24. The number of amides is 1. The lowest BCUT2D eigenvalue weighted by molar-refractivity contribution is -0.125. The molecule has 1 aliphatic carbocycles. The number of nitrogens with zero attached hydrogens (tertiary/aromatic N) is 1. The minimum Gasteiger partial charge on any atom is -0.408 e. The van der Waals surface area contributed by atoms with E-state index in [4.69, 9.17) is 4.42 Å². The van der Waals surface area contributed by atoms with Crippen molar-refractivity contribution in [2.24, 2.45) is 5.92 Å². The van der Waals surface area contributed by atoms with Crippen molar-refractivity contribution in [2.45, 2.75) is 51.6 Å². The highest BCUT2D eigenvalue weighted by Crippen LogP contribution is 2.25. The summed E-state index contributed by atoms with van der Waals surface area (Å²) in [6.07, 6.45) is 5.03. The summed E-state index contributed by atoms with van der Waals surface area (Å²) in [5.41, 5.74) is 1.37. The maximum atomic E-state index is 12.3. The van der Waals surface area contributed by atoms with Gasteiger partial charge in [0, 0.05) is 18.5 Å². The molecule has 0 saturated heterocycles. The number of para-hydroxylation sites is 2. The maximum absolute atomic E-state index is 12.3. The highest BCUT2D eigenvalue weighted by atomic mass is 16.4. The molecule has 118 valence electrons. The molecule has 22 heavy (non-hydrogen) atoms. The Bertz CT molecular complexity index is 710. The smallest absolute Gasteiger partial charge is 0.408 e. The van der Waals surface area contributed by atoms with Crippen molar-refractivity contribution < 1.29 is 9.21 Å². The number of carbonyl (C=O) groups is 1. The van der Waals surface area contributed by atoms with Crippen molar-refractivity contribution in [3.63, 3.8) is 0 Å². The fourth-order valence-electron chi connectivity index (χ4n) is 3.19. The van der Waals surface area contributed by atoms with Crippen LogP contribution in [0.1, 0.15) is 39.0 Å². The first-order chi connectivity index (χ1) is 10.7. The summed E-state index contributed by atoms with van der Waals surface area (Å²) < 4.78 is 6.85. The molecule has 1 aromatic carbocycles. The second-order valence-electron chi connectivity index (χ2n) is 6.04. The third-order valence-electron chi connectivity index (χ3n) is 4.54. The Morgan fingerprint density at radius 3 is 2.82 bits per heavy atom. The summed E-state index contributed by atoms with van der Waals surface area (Å²) in [4.78, 5) is 24.3. The number of hydrogen-bond acceptors (Lipinski definition) is 3. The molecule has 0 radical (unpaired) electrons. The van der Waals surface area contributed by atoms with Crippen LogP contribution in [0.15, 0.2) is 33.5 Å². The Hall–Kier alpha value is -2.04. The zero-order valence-corrected chi connectivity index (χ0v) is 12.9. The Morgan fingerprint density at radius 2 is 2.09 bits per heavy atom. The number of fused-ring (bicyclic) bond motifs is 1. The molecule has 0 aliphatic heterocycles. The molecule has 1 N–H and O–H groups in total. The maximum Gasteiger partial charge on any atom is 0.420 e. The lowest BCUT2D eigenvalue weighted by Crippen LogP contribution is -2.41. The zero-order chi connectivity index (χ0) is 15.5. The Balaban J connectivity index is 1.75. The predicted octanol–water partition coefficient (Wildman–Crippen LogP) is 2.68. The third-order valence-corrected chi connectivity index (χ3v) is 4.54. The zero-order valence-electron chi connectivity index (χ0n) is 12.9. The van der Waals surface area contributed by atoms with Gasteiger partial charge in [0.15, 0.2) is 5.58 Å². The lowest BCUT2D eigenvalue weighted by atomic mass is 10.1. The molecule has 1 fully saturated rings. The van der Waals surface area contributed by atoms with Gasteiger partial charge in [-0.15, -0.1) is 0 Å². The molecule has 0 spiro atoms. The molecule has 5 nitrogen and oxygen atoms in total. The third kappa shape index (κ3) is 2.93. The predicted molar refractivity (Wildman–Crippen MR) is 84.7 cm³/mol. The van der Waals surface area contributed by atoms with Crippen molar-refractivity contribution in [1.82, 2.24) is 9.88 Å².